The molecule has 3 nitrogen and oxygen atoms in total. The number of ether oxygens (including phenoxy) is 2. The fraction of sp³-hybridized carbons (Fsp3) is 0.333. The Morgan fingerprint density at radius 2 is 1.76 bits per heavy atom. The van der Waals surface area contributed by atoms with Gasteiger partial charge < -0.3 is 14.8 Å². The third-order valence-electron chi connectivity index (χ3n) is 3.53. The van der Waals surface area contributed by atoms with Crippen LogP contribution in [0, 0.1) is 13.8 Å². The SMILES string of the molecule is CCOc1ccc(NCc2ccc(C)c(C)c2)cc1OC. The lowest BCUT2D eigenvalue weighted by Crippen LogP contribution is -2.01. The van der Waals surface area contributed by atoms with Crippen molar-refractivity contribution in [3.05, 3.63) is 53.1 Å². The van der Waals surface area contributed by atoms with Crippen molar-refractivity contribution >= 4 is 5.69 Å². The molecule has 0 bridgehead atoms. The lowest BCUT2D eigenvalue weighted by Gasteiger charge is -2.13. The third-order valence-corrected chi connectivity index (χ3v) is 3.53. The van der Waals surface area contributed by atoms with Crippen LogP contribution in [0.25, 0.3) is 0 Å². The number of methoxy groups -OCH3 is 1. The van der Waals surface area contributed by atoms with Crippen LogP contribution in [0.2, 0.25) is 0 Å². The molecule has 0 spiro atoms. The maximum atomic E-state index is 5.52. The van der Waals surface area contributed by atoms with Gasteiger partial charge in [0.2, 0.25) is 0 Å². The Hall–Kier alpha value is -2.16. The summed E-state index contributed by atoms with van der Waals surface area (Å²) >= 11 is 0. The molecule has 0 saturated carbocycles. The number of aryl methyl sites for hydroxylation is 2. The van der Waals surface area contributed by atoms with Gasteiger partial charge in [-0.2, -0.15) is 0 Å². The van der Waals surface area contributed by atoms with E-state index in [2.05, 4.69) is 37.4 Å². The van der Waals surface area contributed by atoms with Crippen LogP contribution in [0.15, 0.2) is 36.4 Å². The smallest absolute Gasteiger partial charge is 0.162 e. The van der Waals surface area contributed by atoms with Crippen molar-refractivity contribution < 1.29 is 9.47 Å². The first kappa shape index (κ1) is 15.2. The first-order valence-corrected chi connectivity index (χ1v) is 7.25. The van der Waals surface area contributed by atoms with Crippen LogP contribution < -0.4 is 14.8 Å². The second-order valence-corrected chi connectivity index (χ2v) is 5.07. The molecule has 112 valence electrons. The molecule has 0 atom stereocenters. The van der Waals surface area contributed by atoms with Gasteiger partial charge in [0, 0.05) is 18.3 Å². The molecule has 0 saturated heterocycles. The summed E-state index contributed by atoms with van der Waals surface area (Å²) < 4.78 is 10.9. The molecule has 0 aliphatic heterocycles. The normalized spacial score (nSPS) is 10.3. The van der Waals surface area contributed by atoms with Gasteiger partial charge in [0.15, 0.2) is 11.5 Å². The van der Waals surface area contributed by atoms with Gasteiger partial charge in [-0.3, -0.25) is 0 Å². The van der Waals surface area contributed by atoms with Crippen LogP contribution in [0.3, 0.4) is 0 Å². The van der Waals surface area contributed by atoms with Gasteiger partial charge in [0.1, 0.15) is 0 Å². The molecular weight excluding hydrogens is 262 g/mol. The Labute approximate surface area is 126 Å². The largest absolute Gasteiger partial charge is 0.493 e. The van der Waals surface area contributed by atoms with Gasteiger partial charge in [-0.25, -0.2) is 0 Å². The molecule has 2 aromatic carbocycles. The number of benzene rings is 2. The Bertz CT molecular complexity index is 608. The molecule has 0 aromatic heterocycles. The fourth-order valence-corrected chi connectivity index (χ4v) is 2.17. The van der Waals surface area contributed by atoms with Gasteiger partial charge in [-0.05, 0) is 49.6 Å². The Morgan fingerprint density at radius 3 is 2.43 bits per heavy atom. The molecule has 0 heterocycles. The molecule has 2 aromatic rings. The highest BCUT2D eigenvalue weighted by Crippen LogP contribution is 2.30. The highest BCUT2D eigenvalue weighted by atomic mass is 16.5. The van der Waals surface area contributed by atoms with E-state index in [1.54, 1.807) is 7.11 Å². The zero-order valence-electron chi connectivity index (χ0n) is 13.2. The van der Waals surface area contributed by atoms with Crippen LogP contribution in [-0.2, 0) is 6.54 Å². The molecular formula is C18H23NO2. The van der Waals surface area contributed by atoms with Crippen molar-refractivity contribution in [2.75, 3.05) is 19.0 Å². The van der Waals surface area contributed by atoms with Crippen molar-refractivity contribution in [1.82, 2.24) is 0 Å². The second kappa shape index (κ2) is 7.02. The van der Waals surface area contributed by atoms with Crippen molar-refractivity contribution in [1.29, 1.82) is 0 Å². The monoisotopic (exact) mass is 285 g/mol. The van der Waals surface area contributed by atoms with E-state index in [-0.39, 0.29) is 0 Å². The summed E-state index contributed by atoms with van der Waals surface area (Å²) in [5.74, 6) is 1.53. The summed E-state index contributed by atoms with van der Waals surface area (Å²) in [6.45, 7) is 7.65. The van der Waals surface area contributed by atoms with Crippen molar-refractivity contribution in [3.8, 4) is 11.5 Å². The second-order valence-electron chi connectivity index (χ2n) is 5.07. The molecule has 1 N–H and O–H groups in total. The summed E-state index contributed by atoms with van der Waals surface area (Å²) in [6.07, 6.45) is 0. The number of nitrogens with one attached hydrogen (secondary N) is 1. The van der Waals surface area contributed by atoms with Crippen LogP contribution in [0.4, 0.5) is 5.69 Å². The van der Waals surface area contributed by atoms with Crippen LogP contribution >= 0.6 is 0 Å². The summed E-state index contributed by atoms with van der Waals surface area (Å²) in [5.41, 5.74) is 4.93. The molecule has 2 rings (SSSR count). The summed E-state index contributed by atoms with van der Waals surface area (Å²) in [4.78, 5) is 0. The van der Waals surface area contributed by atoms with E-state index in [1.165, 1.54) is 16.7 Å². The molecule has 0 aliphatic carbocycles. The third kappa shape index (κ3) is 3.91. The van der Waals surface area contributed by atoms with Crippen LogP contribution in [0.5, 0.6) is 11.5 Å². The van der Waals surface area contributed by atoms with Crippen LogP contribution in [0.1, 0.15) is 23.6 Å². The minimum Gasteiger partial charge on any atom is -0.493 e. The first-order valence-electron chi connectivity index (χ1n) is 7.25. The summed E-state index contributed by atoms with van der Waals surface area (Å²) in [6, 6.07) is 12.4. The summed E-state index contributed by atoms with van der Waals surface area (Å²) in [7, 11) is 1.66. The van der Waals surface area contributed by atoms with E-state index in [0.29, 0.717) is 6.61 Å². The minimum atomic E-state index is 0.631. The summed E-state index contributed by atoms with van der Waals surface area (Å²) in [5, 5.41) is 3.42. The highest BCUT2D eigenvalue weighted by molar-refractivity contribution is 5.55. The van der Waals surface area contributed by atoms with Crippen molar-refractivity contribution in [2.24, 2.45) is 0 Å². The van der Waals surface area contributed by atoms with Crippen LogP contribution in [-0.4, -0.2) is 13.7 Å². The Balaban J connectivity index is 2.07. The minimum absolute atomic E-state index is 0.631. The number of hydrogen-bond donors (Lipinski definition) is 1. The molecule has 0 unspecified atom stereocenters. The van der Waals surface area contributed by atoms with Crippen molar-refractivity contribution in [3.63, 3.8) is 0 Å². The molecule has 0 aliphatic rings. The topological polar surface area (TPSA) is 30.5 Å². The Morgan fingerprint density at radius 1 is 0.952 bits per heavy atom. The van der Waals surface area contributed by atoms with Gasteiger partial charge in [0.25, 0.3) is 0 Å². The number of hydrogen-bond acceptors (Lipinski definition) is 3. The fourth-order valence-electron chi connectivity index (χ4n) is 2.17. The molecule has 0 amide bonds. The van der Waals surface area contributed by atoms with E-state index < -0.39 is 0 Å². The first-order chi connectivity index (χ1) is 10.1. The van der Waals surface area contributed by atoms with E-state index in [0.717, 1.165) is 23.7 Å². The molecule has 21 heavy (non-hydrogen) atoms. The standard InChI is InChI=1S/C18H23NO2/c1-5-21-17-9-8-16(11-18(17)20-4)19-12-15-7-6-13(2)14(3)10-15/h6-11,19H,5,12H2,1-4H3. The molecule has 0 fully saturated rings. The Kier molecular flexibility index (Phi) is 5.09. The number of rotatable bonds is 6. The lowest BCUT2D eigenvalue weighted by molar-refractivity contribution is 0.311. The quantitative estimate of drug-likeness (QED) is 0.857. The van der Waals surface area contributed by atoms with Gasteiger partial charge in [-0.15, -0.1) is 0 Å². The van der Waals surface area contributed by atoms with Crippen molar-refractivity contribution in [2.45, 2.75) is 27.3 Å². The lowest BCUT2D eigenvalue weighted by atomic mass is 10.1. The zero-order chi connectivity index (χ0) is 15.2. The van der Waals surface area contributed by atoms with E-state index in [9.17, 15) is 0 Å². The average molecular weight is 285 g/mol. The van der Waals surface area contributed by atoms with Gasteiger partial charge in [-0.1, -0.05) is 18.2 Å². The van der Waals surface area contributed by atoms with E-state index in [4.69, 9.17) is 9.47 Å². The van der Waals surface area contributed by atoms with Gasteiger partial charge >= 0.3 is 0 Å². The highest BCUT2D eigenvalue weighted by Gasteiger charge is 2.05. The van der Waals surface area contributed by atoms with E-state index >= 15 is 0 Å². The zero-order valence-corrected chi connectivity index (χ0v) is 13.2. The average Bonchev–Trinajstić information content (AvgIpc) is 2.49. The predicted octanol–water partition coefficient (Wildman–Crippen LogP) is 4.32. The predicted molar refractivity (Wildman–Crippen MR) is 87.4 cm³/mol. The van der Waals surface area contributed by atoms with Gasteiger partial charge in [0.05, 0.1) is 13.7 Å². The molecule has 3 heteroatoms. The number of anilines is 1. The maximum Gasteiger partial charge on any atom is 0.162 e. The maximum absolute atomic E-state index is 5.52. The van der Waals surface area contributed by atoms with E-state index in [1.807, 2.05) is 25.1 Å². The molecule has 0 radical (unpaired) electrons.